The molecule has 0 aliphatic carbocycles. The van der Waals surface area contributed by atoms with Crippen LogP contribution in [0.5, 0.6) is 0 Å². The Bertz CT molecular complexity index is 399. The van der Waals surface area contributed by atoms with Crippen molar-refractivity contribution in [2.75, 3.05) is 19.6 Å². The van der Waals surface area contributed by atoms with Crippen molar-refractivity contribution in [3.8, 4) is 0 Å². The number of carbonyl (C=O) groups excluding carboxylic acids is 1. The van der Waals surface area contributed by atoms with Crippen molar-refractivity contribution in [1.29, 1.82) is 0 Å². The van der Waals surface area contributed by atoms with E-state index in [-0.39, 0.29) is 23.2 Å². The molecule has 1 saturated heterocycles. The fraction of sp³-hybridized carbons (Fsp3) is 0.938. The van der Waals surface area contributed by atoms with Gasteiger partial charge in [-0.2, -0.15) is 0 Å². The molecule has 0 unspecified atom stereocenters. The van der Waals surface area contributed by atoms with Crippen LogP contribution in [0, 0.1) is 5.92 Å². The molecule has 1 heterocycles. The molecule has 2 atom stereocenters. The van der Waals surface area contributed by atoms with Gasteiger partial charge in [0.15, 0.2) is 8.32 Å². The normalized spacial score (nSPS) is 23.8. The number of rotatable bonds is 3. The van der Waals surface area contributed by atoms with Crippen molar-refractivity contribution in [1.82, 2.24) is 4.90 Å². The van der Waals surface area contributed by atoms with Gasteiger partial charge in [0.25, 0.3) is 0 Å². The first kappa shape index (κ1) is 19.5. The fourth-order valence-corrected chi connectivity index (χ4v) is 3.61. The third-order valence-electron chi connectivity index (χ3n) is 4.59. The standard InChI is InChI=1S/C16H34N2O3Si/c1-15(2,3)20-14(19)18-10-12(9-17)13(11-18)21-22(7,8)16(4,5)6/h12-13H,9-11,17H2,1-8H3/t12-,13-/m1/s1. The highest BCUT2D eigenvalue weighted by molar-refractivity contribution is 6.74. The number of hydrogen-bond donors (Lipinski definition) is 1. The minimum atomic E-state index is -1.87. The molecule has 0 aromatic carbocycles. The SMILES string of the molecule is CC(C)(C)OC(=O)N1C[C@@H](CN)[C@H](O[Si](C)(C)C(C)(C)C)C1. The number of hydrogen-bond acceptors (Lipinski definition) is 4. The second-order valence-corrected chi connectivity index (χ2v) is 13.6. The summed E-state index contributed by atoms with van der Waals surface area (Å²) in [6, 6.07) is 0. The molecule has 0 bridgehead atoms. The molecule has 130 valence electrons. The van der Waals surface area contributed by atoms with Gasteiger partial charge in [0, 0.05) is 19.0 Å². The molecule has 0 aromatic heterocycles. The largest absolute Gasteiger partial charge is 0.444 e. The molecule has 1 amide bonds. The van der Waals surface area contributed by atoms with Crippen LogP contribution in [0.15, 0.2) is 0 Å². The topological polar surface area (TPSA) is 64.8 Å². The molecule has 1 aliphatic rings. The number of carbonyl (C=O) groups is 1. The van der Waals surface area contributed by atoms with Gasteiger partial charge in [-0.15, -0.1) is 0 Å². The van der Waals surface area contributed by atoms with E-state index in [2.05, 4.69) is 33.9 Å². The Morgan fingerprint density at radius 3 is 2.14 bits per heavy atom. The van der Waals surface area contributed by atoms with Gasteiger partial charge < -0.3 is 19.8 Å². The van der Waals surface area contributed by atoms with Crippen LogP contribution in [0.4, 0.5) is 4.79 Å². The molecular formula is C16H34N2O3Si. The summed E-state index contributed by atoms with van der Waals surface area (Å²) in [6.45, 7) is 18.5. The zero-order chi connectivity index (χ0) is 17.3. The smallest absolute Gasteiger partial charge is 0.410 e. The fourth-order valence-electron chi connectivity index (χ4n) is 2.23. The monoisotopic (exact) mass is 330 g/mol. The Morgan fingerprint density at radius 1 is 1.18 bits per heavy atom. The second-order valence-electron chi connectivity index (χ2n) is 8.80. The van der Waals surface area contributed by atoms with Gasteiger partial charge in [0.1, 0.15) is 5.60 Å². The summed E-state index contributed by atoms with van der Waals surface area (Å²) in [4.78, 5) is 14.0. The van der Waals surface area contributed by atoms with Crippen LogP contribution in [0.1, 0.15) is 41.5 Å². The number of amides is 1. The minimum absolute atomic E-state index is 0.0124. The van der Waals surface area contributed by atoms with Crippen molar-refractivity contribution in [2.24, 2.45) is 11.7 Å². The van der Waals surface area contributed by atoms with E-state index in [1.165, 1.54) is 0 Å². The number of nitrogens with zero attached hydrogens (tertiary/aromatic N) is 1. The van der Waals surface area contributed by atoms with Crippen LogP contribution in [0.2, 0.25) is 18.1 Å². The quantitative estimate of drug-likeness (QED) is 0.807. The minimum Gasteiger partial charge on any atom is -0.444 e. The molecule has 6 heteroatoms. The molecule has 2 N–H and O–H groups in total. The Morgan fingerprint density at radius 2 is 1.73 bits per heavy atom. The summed E-state index contributed by atoms with van der Waals surface area (Å²) < 4.78 is 11.9. The maximum atomic E-state index is 12.2. The van der Waals surface area contributed by atoms with Gasteiger partial charge in [-0.1, -0.05) is 20.8 Å². The highest BCUT2D eigenvalue weighted by Gasteiger charge is 2.44. The van der Waals surface area contributed by atoms with E-state index < -0.39 is 13.9 Å². The third kappa shape index (κ3) is 4.96. The van der Waals surface area contributed by atoms with Crippen molar-refractivity contribution in [3.05, 3.63) is 0 Å². The van der Waals surface area contributed by atoms with Crippen LogP contribution < -0.4 is 5.73 Å². The highest BCUT2D eigenvalue weighted by atomic mass is 28.4. The molecule has 1 aliphatic heterocycles. The van der Waals surface area contributed by atoms with Crippen LogP contribution in [0.3, 0.4) is 0 Å². The van der Waals surface area contributed by atoms with Gasteiger partial charge in [-0.3, -0.25) is 0 Å². The lowest BCUT2D eigenvalue weighted by Gasteiger charge is -2.39. The molecule has 5 nitrogen and oxygen atoms in total. The first-order valence-electron chi connectivity index (χ1n) is 8.12. The van der Waals surface area contributed by atoms with Crippen molar-refractivity contribution < 1.29 is 14.0 Å². The van der Waals surface area contributed by atoms with Crippen LogP contribution in [0.25, 0.3) is 0 Å². The summed E-state index contributed by atoms with van der Waals surface area (Å²) in [5.74, 6) is 0.182. The second kappa shape index (κ2) is 6.49. The van der Waals surface area contributed by atoms with Gasteiger partial charge in [-0.05, 0) is 45.4 Å². The Balaban J connectivity index is 2.76. The van der Waals surface area contributed by atoms with Crippen molar-refractivity contribution >= 4 is 14.4 Å². The van der Waals surface area contributed by atoms with E-state index in [1.54, 1.807) is 4.90 Å². The predicted molar refractivity (Wildman–Crippen MR) is 92.4 cm³/mol. The number of likely N-dealkylation sites (tertiary alicyclic amines) is 1. The van der Waals surface area contributed by atoms with E-state index in [0.717, 1.165) is 0 Å². The summed E-state index contributed by atoms with van der Waals surface area (Å²) in [5, 5.41) is 0.144. The lowest BCUT2D eigenvalue weighted by Crippen LogP contribution is -2.47. The van der Waals surface area contributed by atoms with Crippen LogP contribution >= 0.6 is 0 Å². The van der Waals surface area contributed by atoms with E-state index in [9.17, 15) is 4.79 Å². The Labute approximate surface area is 136 Å². The van der Waals surface area contributed by atoms with Crippen LogP contribution in [-0.4, -0.2) is 50.6 Å². The van der Waals surface area contributed by atoms with E-state index >= 15 is 0 Å². The zero-order valence-electron chi connectivity index (χ0n) is 15.5. The summed E-state index contributed by atoms with van der Waals surface area (Å²) in [6.07, 6.45) is -0.259. The maximum Gasteiger partial charge on any atom is 0.410 e. The third-order valence-corrected chi connectivity index (χ3v) is 9.09. The zero-order valence-corrected chi connectivity index (χ0v) is 16.5. The van der Waals surface area contributed by atoms with Crippen molar-refractivity contribution in [2.45, 2.75) is 71.4 Å². The molecule has 0 radical (unpaired) electrons. The van der Waals surface area contributed by atoms with Gasteiger partial charge in [0.05, 0.1) is 6.10 Å². The summed E-state index contributed by atoms with van der Waals surface area (Å²) in [5.41, 5.74) is 5.42. The predicted octanol–water partition coefficient (Wildman–Crippen LogP) is 3.20. The van der Waals surface area contributed by atoms with Crippen molar-refractivity contribution in [3.63, 3.8) is 0 Å². The first-order chi connectivity index (χ1) is 9.77. The van der Waals surface area contributed by atoms with E-state index in [0.29, 0.717) is 19.6 Å². The average molecular weight is 331 g/mol. The average Bonchev–Trinajstić information content (AvgIpc) is 2.67. The molecule has 1 fully saturated rings. The lowest BCUT2D eigenvalue weighted by molar-refractivity contribution is 0.0272. The first-order valence-corrected chi connectivity index (χ1v) is 11.0. The lowest BCUT2D eigenvalue weighted by atomic mass is 10.1. The Kier molecular flexibility index (Phi) is 5.74. The molecular weight excluding hydrogens is 296 g/mol. The molecule has 22 heavy (non-hydrogen) atoms. The molecule has 0 saturated carbocycles. The molecule has 1 rings (SSSR count). The number of nitrogens with two attached hydrogens (primary N) is 1. The summed E-state index contributed by atoms with van der Waals surface area (Å²) in [7, 11) is -1.87. The highest BCUT2D eigenvalue weighted by Crippen LogP contribution is 2.39. The van der Waals surface area contributed by atoms with Crippen LogP contribution in [-0.2, 0) is 9.16 Å². The molecule has 0 aromatic rings. The van der Waals surface area contributed by atoms with Gasteiger partial charge >= 0.3 is 6.09 Å². The van der Waals surface area contributed by atoms with E-state index in [1.807, 2.05) is 20.8 Å². The molecule has 0 spiro atoms. The van der Waals surface area contributed by atoms with Gasteiger partial charge in [-0.25, -0.2) is 4.79 Å². The Hall–Kier alpha value is -0.593. The van der Waals surface area contributed by atoms with E-state index in [4.69, 9.17) is 14.9 Å². The summed E-state index contributed by atoms with van der Waals surface area (Å²) >= 11 is 0. The maximum absolute atomic E-state index is 12.2. The number of ether oxygens (including phenoxy) is 1. The van der Waals surface area contributed by atoms with Gasteiger partial charge in [0.2, 0.25) is 0 Å².